The molecule has 0 aliphatic heterocycles. The molecule has 0 bridgehead atoms. The van der Waals surface area contributed by atoms with Crippen LogP contribution in [0.5, 0.6) is 0 Å². The highest BCUT2D eigenvalue weighted by molar-refractivity contribution is 5.94. The molecule has 0 fully saturated rings. The van der Waals surface area contributed by atoms with Crippen LogP contribution in [0.15, 0.2) is 206 Å². The maximum atomic E-state index is 4.98. The van der Waals surface area contributed by atoms with Gasteiger partial charge < -0.3 is 0 Å². The fraction of sp³-hybridized carbons (Fsp3) is 0.242. The van der Waals surface area contributed by atoms with Gasteiger partial charge in [0.25, 0.3) is 0 Å². The highest BCUT2D eigenvalue weighted by Gasteiger charge is 2.41. The molecule has 0 saturated carbocycles. The maximum Gasteiger partial charge on any atom is 0.164 e. The molecule has 3 heteroatoms. The molecule has 0 saturated heterocycles. The Morgan fingerprint density at radius 3 is 1.91 bits per heavy atom. The Hall–Kier alpha value is -6.71. The van der Waals surface area contributed by atoms with E-state index in [1.54, 1.807) is 0 Å². The molecule has 1 heterocycles. The summed E-state index contributed by atoms with van der Waals surface area (Å²) in [5.41, 5.74) is 13.1. The van der Waals surface area contributed by atoms with Crippen LogP contribution in [0.1, 0.15) is 117 Å². The summed E-state index contributed by atoms with van der Waals surface area (Å²) in [5.74, 6) is 2.02. The molecule has 0 N–H and O–H groups in total. The number of aromatic nitrogens is 3. The molecule has 4 aromatic carbocycles. The standard InChI is InChI=1S/C55H51N3.C3H8.2C2H6/c1-6-10-14-23-40(5)55(49-29-17-13-18-30-49)39-48(50-31-19-20-32-51(50)55)38-45(22-8-3)47-28-21-27-46(37-47)42-33-35-44(36-34-42)54-57-52(41(9-4)24-11-7-2)56-53(58-54)43-25-15-12-16-26-43;1-3-2;2*1-2/h6-8,10-12,14-17,19-39H,5,9,13,18H2,1-4H3;3H2,1-2H3;2*1-2H3/b10-6-,11-7-,22-8-,23-14-,41-24+,45-38+;;;. The summed E-state index contributed by atoms with van der Waals surface area (Å²) >= 11 is 0. The first kappa shape index (κ1) is 50.9. The van der Waals surface area contributed by atoms with Crippen molar-refractivity contribution in [1.82, 2.24) is 15.0 Å². The van der Waals surface area contributed by atoms with Crippen LogP contribution in [0.25, 0.3) is 50.6 Å². The Balaban J connectivity index is 0.00000125. The summed E-state index contributed by atoms with van der Waals surface area (Å²) < 4.78 is 0. The quantitative estimate of drug-likeness (QED) is 0.111. The first-order chi connectivity index (χ1) is 31.9. The second kappa shape index (κ2) is 26.8. The lowest BCUT2D eigenvalue weighted by Gasteiger charge is -2.33. The monoisotopic (exact) mass is 858 g/mol. The molecule has 334 valence electrons. The van der Waals surface area contributed by atoms with Crippen LogP contribution in [-0.4, -0.2) is 15.0 Å². The van der Waals surface area contributed by atoms with Crippen molar-refractivity contribution < 1.29 is 0 Å². The summed E-state index contributed by atoms with van der Waals surface area (Å²) in [6, 6.07) is 36.3. The van der Waals surface area contributed by atoms with Crippen molar-refractivity contribution >= 4 is 16.7 Å². The Morgan fingerprint density at radius 2 is 1.28 bits per heavy atom. The van der Waals surface area contributed by atoms with Crippen molar-refractivity contribution in [1.29, 1.82) is 0 Å². The zero-order chi connectivity index (χ0) is 47.0. The first-order valence-electron chi connectivity index (χ1n) is 23.8. The van der Waals surface area contributed by atoms with Crippen molar-refractivity contribution in [3.8, 4) is 33.9 Å². The lowest BCUT2D eigenvalue weighted by molar-refractivity contribution is 0.776. The Labute approximate surface area is 392 Å². The van der Waals surface area contributed by atoms with Gasteiger partial charge in [-0.2, -0.15) is 0 Å². The lowest BCUT2D eigenvalue weighted by atomic mass is 9.69. The van der Waals surface area contributed by atoms with E-state index in [0.717, 1.165) is 63.8 Å². The zero-order valence-corrected chi connectivity index (χ0v) is 40.8. The molecular formula is C62H71N3. The van der Waals surface area contributed by atoms with Crippen molar-refractivity contribution in [2.75, 3.05) is 0 Å². The van der Waals surface area contributed by atoms with E-state index in [-0.39, 0.29) is 0 Å². The van der Waals surface area contributed by atoms with E-state index in [4.69, 9.17) is 15.0 Å². The highest BCUT2D eigenvalue weighted by atomic mass is 15.0. The minimum Gasteiger partial charge on any atom is -0.209 e. The molecule has 0 radical (unpaired) electrons. The van der Waals surface area contributed by atoms with Gasteiger partial charge in [-0.15, -0.1) is 0 Å². The van der Waals surface area contributed by atoms with Gasteiger partial charge in [0.2, 0.25) is 0 Å². The van der Waals surface area contributed by atoms with E-state index in [0.29, 0.717) is 17.5 Å². The average molecular weight is 858 g/mol. The van der Waals surface area contributed by atoms with E-state index in [9.17, 15) is 0 Å². The average Bonchev–Trinajstić information content (AvgIpc) is 3.71. The van der Waals surface area contributed by atoms with Gasteiger partial charge in [0.05, 0.1) is 5.41 Å². The van der Waals surface area contributed by atoms with E-state index < -0.39 is 5.41 Å². The topological polar surface area (TPSA) is 38.7 Å². The molecule has 5 aromatic rings. The van der Waals surface area contributed by atoms with Crippen molar-refractivity contribution in [3.05, 3.63) is 228 Å². The minimum absolute atomic E-state index is 0.454. The molecule has 0 spiro atoms. The maximum absolute atomic E-state index is 4.98. The van der Waals surface area contributed by atoms with Crippen LogP contribution in [-0.2, 0) is 5.41 Å². The molecule has 65 heavy (non-hydrogen) atoms. The Morgan fingerprint density at radius 1 is 0.646 bits per heavy atom. The SMILES string of the molecule is C=C(/C=C\C=C/C)C1(C2=CCCC=C2)C=C(/C=C(\C=C/C)c2cccc(-c3ccc(-c4nc(/C(=C/C=C\C)CC)nc(-c5ccccc5)n4)cc3)c2)c2ccccc21.CC.CC.CCC. The summed E-state index contributed by atoms with van der Waals surface area (Å²) in [7, 11) is 0. The van der Waals surface area contributed by atoms with Gasteiger partial charge >= 0.3 is 0 Å². The van der Waals surface area contributed by atoms with Crippen LogP contribution >= 0.6 is 0 Å². The van der Waals surface area contributed by atoms with E-state index in [1.165, 1.54) is 28.7 Å². The van der Waals surface area contributed by atoms with Crippen molar-refractivity contribution in [2.45, 2.75) is 100 Å². The number of allylic oxidation sites excluding steroid dienone is 19. The lowest BCUT2D eigenvalue weighted by Crippen LogP contribution is -2.26. The zero-order valence-electron chi connectivity index (χ0n) is 40.8. The fourth-order valence-corrected chi connectivity index (χ4v) is 7.79. The molecule has 3 nitrogen and oxygen atoms in total. The van der Waals surface area contributed by atoms with Gasteiger partial charge in [-0.1, -0.05) is 238 Å². The number of hydrogen-bond acceptors (Lipinski definition) is 3. The molecule has 1 atom stereocenters. The van der Waals surface area contributed by atoms with E-state index in [1.807, 2.05) is 90.1 Å². The predicted octanol–water partition coefficient (Wildman–Crippen LogP) is 18.0. The first-order valence-corrected chi connectivity index (χ1v) is 23.8. The molecule has 1 unspecified atom stereocenters. The Bertz CT molecular complexity index is 2590. The molecule has 0 amide bonds. The summed E-state index contributed by atoms with van der Waals surface area (Å²) in [5, 5.41) is 0. The van der Waals surface area contributed by atoms with Gasteiger partial charge in [-0.25, -0.2) is 15.0 Å². The highest BCUT2D eigenvalue weighted by Crippen LogP contribution is 2.52. The third-order valence-electron chi connectivity index (χ3n) is 10.7. The van der Waals surface area contributed by atoms with Gasteiger partial charge in [0, 0.05) is 11.1 Å². The number of fused-ring (bicyclic) bond motifs is 1. The number of nitrogens with zero attached hydrogens (tertiary/aromatic N) is 3. The van der Waals surface area contributed by atoms with Gasteiger partial charge in [-0.05, 0) is 108 Å². The van der Waals surface area contributed by atoms with Crippen LogP contribution < -0.4 is 0 Å². The molecule has 2 aliphatic rings. The summed E-state index contributed by atoms with van der Waals surface area (Å²) in [4.78, 5) is 14.9. The van der Waals surface area contributed by atoms with E-state index in [2.05, 4.69) is 174 Å². The second-order valence-electron chi connectivity index (χ2n) is 15.2. The van der Waals surface area contributed by atoms with Gasteiger partial charge in [-0.3, -0.25) is 0 Å². The molecular weight excluding hydrogens is 787 g/mol. The molecule has 7 rings (SSSR count). The smallest absolute Gasteiger partial charge is 0.164 e. The third-order valence-corrected chi connectivity index (χ3v) is 10.7. The van der Waals surface area contributed by atoms with Crippen molar-refractivity contribution in [3.63, 3.8) is 0 Å². The van der Waals surface area contributed by atoms with E-state index >= 15 is 0 Å². The van der Waals surface area contributed by atoms with Crippen LogP contribution in [0.4, 0.5) is 0 Å². The normalized spacial score (nSPS) is 15.7. The number of hydrogen-bond donors (Lipinski definition) is 0. The Kier molecular flexibility index (Phi) is 21.0. The van der Waals surface area contributed by atoms with Crippen LogP contribution in [0.2, 0.25) is 0 Å². The molecule has 1 aromatic heterocycles. The van der Waals surface area contributed by atoms with Gasteiger partial charge in [0.15, 0.2) is 17.5 Å². The van der Waals surface area contributed by atoms with Gasteiger partial charge in [0.1, 0.15) is 0 Å². The van der Waals surface area contributed by atoms with Crippen LogP contribution in [0.3, 0.4) is 0 Å². The minimum atomic E-state index is -0.454. The number of rotatable bonds is 13. The molecule has 2 aliphatic carbocycles. The number of benzene rings is 4. The van der Waals surface area contributed by atoms with Crippen molar-refractivity contribution in [2.24, 2.45) is 0 Å². The summed E-state index contributed by atoms with van der Waals surface area (Å²) in [6.45, 7) is 25.2. The third kappa shape index (κ3) is 12.7. The summed E-state index contributed by atoms with van der Waals surface area (Å²) in [6.07, 6.45) is 34.8. The van der Waals surface area contributed by atoms with Crippen LogP contribution in [0, 0.1) is 0 Å². The second-order valence-corrected chi connectivity index (χ2v) is 15.2. The predicted molar refractivity (Wildman–Crippen MR) is 286 cm³/mol. The largest absolute Gasteiger partial charge is 0.209 e. The fourth-order valence-electron chi connectivity index (χ4n) is 7.79.